The molecular formula is C13H9ClF2N2O6. The lowest BCUT2D eigenvalue weighted by atomic mass is 10.2. The summed E-state index contributed by atoms with van der Waals surface area (Å²) in [7, 11) is 0. The Labute approximate surface area is 138 Å². The van der Waals surface area contributed by atoms with Gasteiger partial charge in [-0.2, -0.15) is 0 Å². The van der Waals surface area contributed by atoms with Gasteiger partial charge in [-0.1, -0.05) is 11.6 Å². The Hall–Kier alpha value is -2.75. The molecule has 1 fully saturated rings. The van der Waals surface area contributed by atoms with Crippen molar-refractivity contribution in [3.8, 4) is 0 Å². The smallest absolute Gasteiger partial charge is 0.350 e. The molecule has 0 saturated carbocycles. The van der Waals surface area contributed by atoms with Crippen LogP contribution in [0.1, 0.15) is 13.8 Å². The predicted molar refractivity (Wildman–Crippen MR) is 76.0 cm³/mol. The van der Waals surface area contributed by atoms with Gasteiger partial charge in [0.15, 0.2) is 22.9 Å². The molecule has 8 nitrogen and oxygen atoms in total. The maximum Gasteiger partial charge on any atom is 0.350 e. The summed E-state index contributed by atoms with van der Waals surface area (Å²) in [6, 6.07) is 0.396. The first-order valence-electron chi connectivity index (χ1n) is 6.29. The third-order valence-corrected chi connectivity index (χ3v) is 3.16. The summed E-state index contributed by atoms with van der Waals surface area (Å²) in [5.41, 5.74) is -2.48. The summed E-state index contributed by atoms with van der Waals surface area (Å²) in [6.45, 7) is 2.63. The normalized spacial score (nSPS) is 16.3. The number of rotatable bonds is 3. The second kappa shape index (κ2) is 6.04. The monoisotopic (exact) mass is 362 g/mol. The molecular weight excluding hydrogens is 354 g/mol. The Morgan fingerprint density at radius 3 is 2.33 bits per heavy atom. The number of cyclic esters (lactones) is 2. The minimum Gasteiger partial charge on any atom is -0.419 e. The number of anilines is 1. The van der Waals surface area contributed by atoms with Crippen LogP contribution in [0.25, 0.3) is 0 Å². The molecule has 1 aromatic rings. The van der Waals surface area contributed by atoms with Crippen LogP contribution in [-0.2, 0) is 19.1 Å². The Morgan fingerprint density at radius 1 is 1.29 bits per heavy atom. The van der Waals surface area contributed by atoms with Crippen LogP contribution in [0.5, 0.6) is 0 Å². The van der Waals surface area contributed by atoms with Gasteiger partial charge in [0.25, 0.3) is 11.5 Å². The molecule has 1 aliphatic heterocycles. The number of nitro groups is 1. The molecule has 0 bridgehead atoms. The first kappa shape index (κ1) is 17.6. The summed E-state index contributed by atoms with van der Waals surface area (Å²) in [6.07, 6.45) is 0.652. The molecule has 0 unspecified atom stereocenters. The van der Waals surface area contributed by atoms with Crippen LogP contribution in [0.2, 0.25) is 5.02 Å². The average Bonchev–Trinajstić information content (AvgIpc) is 2.44. The van der Waals surface area contributed by atoms with Crippen molar-refractivity contribution in [2.75, 3.05) is 5.32 Å². The van der Waals surface area contributed by atoms with Crippen molar-refractivity contribution < 1.29 is 32.8 Å². The average molecular weight is 363 g/mol. The van der Waals surface area contributed by atoms with E-state index in [1.54, 1.807) is 0 Å². The van der Waals surface area contributed by atoms with E-state index in [9.17, 15) is 28.5 Å². The molecule has 1 N–H and O–H groups in total. The van der Waals surface area contributed by atoms with Crippen LogP contribution in [0, 0.1) is 21.7 Å². The van der Waals surface area contributed by atoms with Gasteiger partial charge in [0, 0.05) is 20.0 Å². The standard InChI is InChI=1S/C13H9ClF2N2O6/c1-13(2)23-11(19)5(12(20)24-13)4-17-10-7(18(21)22)3-6(15)8(14)9(10)16/h3-4,17H,1-2H3. The number of carbonyl (C=O) groups excluding carboxylic acids is 2. The lowest BCUT2D eigenvalue weighted by Gasteiger charge is -2.29. The molecule has 1 aliphatic rings. The lowest BCUT2D eigenvalue weighted by Crippen LogP contribution is -2.42. The molecule has 0 amide bonds. The van der Waals surface area contributed by atoms with E-state index in [4.69, 9.17) is 21.1 Å². The maximum absolute atomic E-state index is 14.0. The van der Waals surface area contributed by atoms with Crippen LogP contribution >= 0.6 is 11.6 Å². The molecule has 1 aromatic carbocycles. The number of esters is 2. The molecule has 2 rings (SSSR count). The Morgan fingerprint density at radius 2 is 1.83 bits per heavy atom. The fourth-order valence-corrected chi connectivity index (χ4v) is 1.94. The van der Waals surface area contributed by atoms with Gasteiger partial charge in [-0.3, -0.25) is 10.1 Å². The molecule has 0 atom stereocenters. The number of nitrogens with zero attached hydrogens (tertiary/aromatic N) is 1. The van der Waals surface area contributed by atoms with Crippen LogP contribution in [-0.4, -0.2) is 22.6 Å². The fraction of sp³-hybridized carbons (Fsp3) is 0.231. The van der Waals surface area contributed by atoms with E-state index >= 15 is 0 Å². The Kier molecular flexibility index (Phi) is 4.43. The van der Waals surface area contributed by atoms with Crippen LogP contribution in [0.4, 0.5) is 20.2 Å². The molecule has 11 heteroatoms. The second-order valence-corrected chi connectivity index (χ2v) is 5.40. The first-order chi connectivity index (χ1) is 11.0. The van der Waals surface area contributed by atoms with Crippen molar-refractivity contribution in [1.82, 2.24) is 0 Å². The number of hydrogen-bond acceptors (Lipinski definition) is 7. The highest BCUT2D eigenvalue weighted by Crippen LogP contribution is 2.35. The first-order valence-corrected chi connectivity index (χ1v) is 6.66. The van der Waals surface area contributed by atoms with Crippen molar-refractivity contribution in [2.24, 2.45) is 0 Å². The molecule has 128 valence electrons. The van der Waals surface area contributed by atoms with Crippen LogP contribution < -0.4 is 5.32 Å². The van der Waals surface area contributed by atoms with Gasteiger partial charge in [0.05, 0.1) is 11.0 Å². The highest BCUT2D eigenvalue weighted by atomic mass is 35.5. The van der Waals surface area contributed by atoms with E-state index in [1.807, 2.05) is 0 Å². The van der Waals surface area contributed by atoms with Gasteiger partial charge in [-0.05, 0) is 0 Å². The van der Waals surface area contributed by atoms with E-state index in [1.165, 1.54) is 13.8 Å². The third-order valence-electron chi connectivity index (χ3n) is 2.82. The van der Waals surface area contributed by atoms with Crippen LogP contribution in [0.15, 0.2) is 17.8 Å². The number of nitro benzene ring substituents is 1. The van der Waals surface area contributed by atoms with Crippen molar-refractivity contribution in [1.29, 1.82) is 0 Å². The Balaban J connectivity index is 2.42. The minimum atomic E-state index is -1.48. The summed E-state index contributed by atoms with van der Waals surface area (Å²) in [4.78, 5) is 33.3. The highest BCUT2D eigenvalue weighted by Gasteiger charge is 2.39. The van der Waals surface area contributed by atoms with Gasteiger partial charge >= 0.3 is 11.9 Å². The van der Waals surface area contributed by atoms with Gasteiger partial charge in [0.2, 0.25) is 0 Å². The number of nitrogens with one attached hydrogen (secondary N) is 1. The van der Waals surface area contributed by atoms with E-state index in [0.29, 0.717) is 12.3 Å². The zero-order chi connectivity index (χ0) is 18.2. The number of benzene rings is 1. The van der Waals surface area contributed by atoms with Gasteiger partial charge in [-0.15, -0.1) is 0 Å². The maximum atomic E-state index is 14.0. The zero-order valence-electron chi connectivity index (χ0n) is 12.2. The number of halogens is 3. The van der Waals surface area contributed by atoms with Crippen LogP contribution in [0.3, 0.4) is 0 Å². The minimum absolute atomic E-state index is 0.396. The van der Waals surface area contributed by atoms with Gasteiger partial charge < -0.3 is 14.8 Å². The van der Waals surface area contributed by atoms with Crippen molar-refractivity contribution >= 4 is 34.9 Å². The third kappa shape index (κ3) is 3.27. The predicted octanol–water partition coefficient (Wildman–Crippen LogP) is 2.66. The van der Waals surface area contributed by atoms with Gasteiger partial charge in [-0.25, -0.2) is 18.4 Å². The zero-order valence-corrected chi connectivity index (χ0v) is 12.9. The highest BCUT2D eigenvalue weighted by molar-refractivity contribution is 6.31. The molecule has 0 radical (unpaired) electrons. The quantitative estimate of drug-likeness (QED) is 0.220. The van der Waals surface area contributed by atoms with Crippen molar-refractivity contribution in [2.45, 2.75) is 19.6 Å². The van der Waals surface area contributed by atoms with E-state index < -0.39 is 56.3 Å². The summed E-state index contributed by atoms with van der Waals surface area (Å²) in [5, 5.41) is 12.0. The second-order valence-electron chi connectivity index (χ2n) is 5.02. The van der Waals surface area contributed by atoms with E-state index in [2.05, 4.69) is 5.32 Å². The summed E-state index contributed by atoms with van der Waals surface area (Å²) < 4.78 is 36.9. The Bertz CT molecular complexity index is 771. The topological polar surface area (TPSA) is 108 Å². The number of hydrogen-bond donors (Lipinski definition) is 1. The summed E-state index contributed by atoms with van der Waals surface area (Å²) >= 11 is 5.36. The SMILES string of the molecule is CC1(C)OC(=O)C(=CNc2c([N+](=O)[O-])cc(F)c(Cl)c2F)C(=O)O1. The van der Waals surface area contributed by atoms with E-state index in [-0.39, 0.29) is 0 Å². The fourth-order valence-electron chi connectivity index (χ4n) is 1.79. The molecule has 0 aromatic heterocycles. The molecule has 24 heavy (non-hydrogen) atoms. The van der Waals surface area contributed by atoms with Gasteiger partial charge in [0.1, 0.15) is 5.02 Å². The van der Waals surface area contributed by atoms with Crippen molar-refractivity contribution in [3.05, 3.63) is 44.6 Å². The molecule has 0 aliphatic carbocycles. The lowest BCUT2D eigenvalue weighted by molar-refractivity contribution is -0.384. The largest absolute Gasteiger partial charge is 0.419 e. The van der Waals surface area contributed by atoms with E-state index in [0.717, 1.165) is 0 Å². The molecule has 1 saturated heterocycles. The number of ether oxygens (including phenoxy) is 2. The van der Waals surface area contributed by atoms with Crippen molar-refractivity contribution in [3.63, 3.8) is 0 Å². The molecule has 0 spiro atoms. The molecule has 1 heterocycles. The summed E-state index contributed by atoms with van der Waals surface area (Å²) in [5.74, 6) is -6.45. The number of carbonyl (C=O) groups is 2.